The van der Waals surface area contributed by atoms with E-state index in [9.17, 15) is 9.59 Å². The Morgan fingerprint density at radius 2 is 1.77 bits per heavy atom. The minimum Gasteiger partial charge on any atom is -0.351 e. The fourth-order valence-electron chi connectivity index (χ4n) is 0.803. The van der Waals surface area contributed by atoms with Crippen LogP contribution in [0.3, 0.4) is 0 Å². The molecule has 4 nitrogen and oxygen atoms in total. The second-order valence-corrected chi connectivity index (χ2v) is 2.37. The summed E-state index contributed by atoms with van der Waals surface area (Å²) >= 11 is 0. The van der Waals surface area contributed by atoms with E-state index in [1.165, 1.54) is 11.9 Å². The van der Waals surface area contributed by atoms with Crippen molar-refractivity contribution in [3.8, 4) is 0 Å². The first-order valence-electron chi connectivity index (χ1n) is 3.90. The summed E-state index contributed by atoms with van der Waals surface area (Å²) in [4.78, 5) is 23.6. The van der Waals surface area contributed by atoms with Gasteiger partial charge >= 0.3 is 11.8 Å². The number of rotatable bonds is 4. The third-order valence-electron chi connectivity index (χ3n) is 1.41. The molecule has 0 saturated heterocycles. The molecule has 0 fully saturated rings. The molecule has 0 atom stereocenters. The Bertz CT molecular complexity index is 214. The minimum absolute atomic E-state index is 0.346. The second kappa shape index (κ2) is 5.99. The predicted molar refractivity (Wildman–Crippen MR) is 51.0 cm³/mol. The topological polar surface area (TPSA) is 49.4 Å². The molecule has 0 saturated carbocycles. The van der Waals surface area contributed by atoms with Crippen LogP contribution in [0.25, 0.3) is 0 Å². The molecule has 13 heavy (non-hydrogen) atoms. The lowest BCUT2D eigenvalue weighted by atomic mass is 10.4. The highest BCUT2D eigenvalue weighted by Crippen LogP contribution is 1.90. The van der Waals surface area contributed by atoms with Gasteiger partial charge in [-0.15, -0.1) is 13.2 Å². The fourth-order valence-corrected chi connectivity index (χ4v) is 0.803. The molecule has 0 aliphatic heterocycles. The third kappa shape index (κ3) is 3.55. The zero-order valence-corrected chi connectivity index (χ0v) is 7.75. The molecular weight excluding hydrogens is 168 g/mol. The quantitative estimate of drug-likeness (QED) is 0.489. The number of amides is 2. The SMILES string of the molecule is C=CCN(CC=C)C(=O)C(=O)NC. The van der Waals surface area contributed by atoms with Gasteiger partial charge in [0.05, 0.1) is 0 Å². The summed E-state index contributed by atoms with van der Waals surface area (Å²) in [7, 11) is 1.42. The lowest BCUT2D eigenvalue weighted by Gasteiger charge is -2.17. The van der Waals surface area contributed by atoms with Gasteiger partial charge in [-0.25, -0.2) is 0 Å². The van der Waals surface area contributed by atoms with E-state index in [0.717, 1.165) is 0 Å². The monoisotopic (exact) mass is 182 g/mol. The fraction of sp³-hybridized carbons (Fsp3) is 0.333. The molecule has 0 aliphatic carbocycles. The molecule has 0 unspecified atom stereocenters. The highest BCUT2D eigenvalue weighted by atomic mass is 16.2. The highest BCUT2D eigenvalue weighted by molar-refractivity contribution is 6.34. The van der Waals surface area contributed by atoms with Crippen LogP contribution in [-0.2, 0) is 9.59 Å². The Labute approximate surface area is 77.9 Å². The van der Waals surface area contributed by atoms with Gasteiger partial charge < -0.3 is 10.2 Å². The average Bonchev–Trinajstić information content (AvgIpc) is 2.15. The Kier molecular flexibility index (Phi) is 5.27. The Morgan fingerprint density at radius 3 is 2.08 bits per heavy atom. The molecule has 72 valence electrons. The lowest BCUT2D eigenvalue weighted by Crippen LogP contribution is -2.41. The van der Waals surface area contributed by atoms with E-state index in [-0.39, 0.29) is 0 Å². The maximum Gasteiger partial charge on any atom is 0.312 e. The average molecular weight is 182 g/mol. The summed E-state index contributed by atoms with van der Waals surface area (Å²) in [5, 5.41) is 2.26. The van der Waals surface area contributed by atoms with Crippen molar-refractivity contribution in [1.82, 2.24) is 10.2 Å². The van der Waals surface area contributed by atoms with E-state index in [2.05, 4.69) is 18.5 Å². The second-order valence-electron chi connectivity index (χ2n) is 2.37. The van der Waals surface area contributed by atoms with Gasteiger partial charge in [-0.05, 0) is 0 Å². The van der Waals surface area contributed by atoms with E-state index in [4.69, 9.17) is 0 Å². The molecule has 0 rings (SSSR count). The summed E-state index contributed by atoms with van der Waals surface area (Å²) in [6.45, 7) is 7.67. The first-order valence-corrected chi connectivity index (χ1v) is 3.90. The molecule has 0 aromatic carbocycles. The van der Waals surface area contributed by atoms with Gasteiger partial charge in [0.15, 0.2) is 0 Å². The number of nitrogens with zero attached hydrogens (tertiary/aromatic N) is 1. The maximum absolute atomic E-state index is 11.3. The lowest BCUT2D eigenvalue weighted by molar-refractivity contribution is -0.144. The molecule has 0 aromatic rings. The van der Waals surface area contributed by atoms with E-state index in [0.29, 0.717) is 13.1 Å². The number of hydrogen-bond acceptors (Lipinski definition) is 2. The number of likely N-dealkylation sites (N-methyl/N-ethyl adjacent to an activating group) is 1. The van der Waals surface area contributed by atoms with E-state index in [1.807, 2.05) is 0 Å². The minimum atomic E-state index is -0.622. The zero-order chi connectivity index (χ0) is 10.3. The molecular formula is C9H14N2O2. The van der Waals surface area contributed by atoms with Crippen molar-refractivity contribution >= 4 is 11.8 Å². The standard InChI is InChI=1S/C9H14N2O2/c1-4-6-11(7-5-2)9(13)8(12)10-3/h4-5H,1-2,6-7H2,3H3,(H,10,12). The molecule has 2 amide bonds. The van der Waals surface area contributed by atoms with Crippen LogP contribution >= 0.6 is 0 Å². The van der Waals surface area contributed by atoms with Crippen molar-refractivity contribution < 1.29 is 9.59 Å². The van der Waals surface area contributed by atoms with Gasteiger partial charge in [0.2, 0.25) is 0 Å². The largest absolute Gasteiger partial charge is 0.351 e. The Hall–Kier alpha value is -1.58. The number of nitrogens with one attached hydrogen (secondary N) is 1. The molecule has 0 bridgehead atoms. The smallest absolute Gasteiger partial charge is 0.312 e. The molecule has 1 N–H and O–H groups in total. The molecule has 0 heterocycles. The molecule has 0 radical (unpaired) electrons. The summed E-state index contributed by atoms with van der Waals surface area (Å²) in [6.07, 6.45) is 3.12. The van der Waals surface area contributed by atoms with Crippen molar-refractivity contribution in [3.63, 3.8) is 0 Å². The van der Waals surface area contributed by atoms with E-state index in [1.54, 1.807) is 12.2 Å². The van der Waals surface area contributed by atoms with Crippen LogP contribution < -0.4 is 5.32 Å². The van der Waals surface area contributed by atoms with Gasteiger partial charge in [0.1, 0.15) is 0 Å². The summed E-state index contributed by atoms with van der Waals surface area (Å²) in [5.41, 5.74) is 0. The predicted octanol–water partition coefficient (Wildman–Crippen LogP) is -0.0670. The van der Waals surface area contributed by atoms with Gasteiger partial charge in [-0.3, -0.25) is 9.59 Å². The highest BCUT2D eigenvalue weighted by Gasteiger charge is 2.17. The van der Waals surface area contributed by atoms with Crippen LogP contribution in [-0.4, -0.2) is 36.9 Å². The van der Waals surface area contributed by atoms with Crippen molar-refractivity contribution in [2.24, 2.45) is 0 Å². The van der Waals surface area contributed by atoms with Crippen LogP contribution in [0.5, 0.6) is 0 Å². The van der Waals surface area contributed by atoms with E-state index < -0.39 is 11.8 Å². The van der Waals surface area contributed by atoms with Gasteiger partial charge in [0.25, 0.3) is 0 Å². The van der Waals surface area contributed by atoms with Crippen LogP contribution in [0.4, 0.5) is 0 Å². The number of carbonyl (C=O) groups is 2. The van der Waals surface area contributed by atoms with Gasteiger partial charge in [-0.1, -0.05) is 12.2 Å². The van der Waals surface area contributed by atoms with Crippen molar-refractivity contribution in [2.45, 2.75) is 0 Å². The Morgan fingerprint density at radius 1 is 1.31 bits per heavy atom. The van der Waals surface area contributed by atoms with Crippen molar-refractivity contribution in [2.75, 3.05) is 20.1 Å². The third-order valence-corrected chi connectivity index (χ3v) is 1.41. The zero-order valence-electron chi connectivity index (χ0n) is 7.75. The molecule has 4 heteroatoms. The summed E-state index contributed by atoms with van der Waals surface area (Å²) < 4.78 is 0. The van der Waals surface area contributed by atoms with E-state index >= 15 is 0 Å². The van der Waals surface area contributed by atoms with Crippen LogP contribution in [0.1, 0.15) is 0 Å². The van der Waals surface area contributed by atoms with Crippen LogP contribution in [0.2, 0.25) is 0 Å². The number of hydrogen-bond donors (Lipinski definition) is 1. The van der Waals surface area contributed by atoms with Crippen LogP contribution in [0.15, 0.2) is 25.3 Å². The first-order chi connectivity index (χ1) is 6.17. The number of carbonyl (C=O) groups excluding carboxylic acids is 2. The first kappa shape index (κ1) is 11.4. The van der Waals surface area contributed by atoms with Crippen LogP contribution in [0, 0.1) is 0 Å². The summed E-state index contributed by atoms with van der Waals surface area (Å²) in [6, 6.07) is 0. The van der Waals surface area contributed by atoms with Gasteiger partial charge in [-0.2, -0.15) is 0 Å². The molecule has 0 spiro atoms. The Balaban J connectivity index is 4.34. The molecule has 0 aromatic heterocycles. The van der Waals surface area contributed by atoms with Crippen molar-refractivity contribution in [1.29, 1.82) is 0 Å². The maximum atomic E-state index is 11.3. The van der Waals surface area contributed by atoms with Crippen molar-refractivity contribution in [3.05, 3.63) is 25.3 Å². The van der Waals surface area contributed by atoms with Gasteiger partial charge in [0, 0.05) is 20.1 Å². The summed E-state index contributed by atoms with van der Waals surface area (Å²) in [5.74, 6) is -1.19. The normalized spacial score (nSPS) is 8.69. The molecule has 0 aliphatic rings.